The molecule has 0 N–H and O–H groups in total. The van der Waals surface area contributed by atoms with Crippen LogP contribution in [0.1, 0.15) is 16.0 Å². The summed E-state index contributed by atoms with van der Waals surface area (Å²) in [5.74, 6) is -0.278. The Balaban J connectivity index is 2.19. The first-order chi connectivity index (χ1) is 8.56. The topological polar surface area (TPSA) is 0 Å². The molecule has 2 aromatic rings. The van der Waals surface area contributed by atoms with E-state index in [2.05, 4.69) is 31.9 Å². The maximum absolute atomic E-state index is 13.8. The maximum atomic E-state index is 13.8. The average molecular weight is 392 g/mol. The van der Waals surface area contributed by atoms with Gasteiger partial charge in [-0.05, 0) is 36.2 Å². The molecule has 0 bridgehead atoms. The van der Waals surface area contributed by atoms with Crippen LogP contribution in [0.2, 0.25) is 5.02 Å². The highest BCUT2D eigenvalue weighted by Gasteiger charge is 2.13. The summed E-state index contributed by atoms with van der Waals surface area (Å²) >= 11 is 12.7. The van der Waals surface area contributed by atoms with Gasteiger partial charge in [-0.1, -0.05) is 61.7 Å². The first-order valence-electron chi connectivity index (χ1n) is 5.40. The monoisotopic (exact) mass is 390 g/mol. The summed E-state index contributed by atoms with van der Waals surface area (Å²) in [5, 5.41) is 0.415. The van der Waals surface area contributed by atoms with Crippen LogP contribution in [0, 0.1) is 5.82 Å². The third-order valence-electron chi connectivity index (χ3n) is 2.60. The van der Waals surface area contributed by atoms with Gasteiger partial charge in [-0.2, -0.15) is 0 Å². The summed E-state index contributed by atoms with van der Waals surface area (Å²) in [6.07, 6.45) is 0.720. The number of alkyl halides is 1. The molecule has 0 fully saturated rings. The Labute approximate surface area is 127 Å². The first kappa shape index (κ1) is 14.0. The molecule has 0 radical (unpaired) electrons. The fraction of sp³-hybridized carbons (Fsp3) is 0.143. The lowest BCUT2D eigenvalue weighted by Gasteiger charge is -2.12. The fourth-order valence-electron chi connectivity index (χ4n) is 1.74. The van der Waals surface area contributed by atoms with Crippen molar-refractivity contribution in [3.63, 3.8) is 0 Å². The molecule has 2 rings (SSSR count). The van der Waals surface area contributed by atoms with Crippen molar-refractivity contribution in [1.29, 1.82) is 0 Å². The quantitative estimate of drug-likeness (QED) is 0.569. The van der Waals surface area contributed by atoms with Crippen LogP contribution in [-0.4, -0.2) is 0 Å². The van der Waals surface area contributed by atoms with Crippen LogP contribution in [0.3, 0.4) is 0 Å². The number of hydrogen-bond acceptors (Lipinski definition) is 0. The minimum atomic E-state index is -0.278. The molecular weight excluding hydrogens is 382 g/mol. The molecule has 0 aromatic heterocycles. The lowest BCUT2D eigenvalue weighted by atomic mass is 10.0. The number of rotatable bonds is 3. The van der Waals surface area contributed by atoms with Gasteiger partial charge in [-0.3, -0.25) is 0 Å². The Hall–Kier alpha value is -0.380. The van der Waals surface area contributed by atoms with Gasteiger partial charge in [-0.15, -0.1) is 0 Å². The smallest absolute Gasteiger partial charge is 0.129 e. The van der Waals surface area contributed by atoms with Crippen molar-refractivity contribution >= 4 is 43.5 Å². The van der Waals surface area contributed by atoms with E-state index in [1.807, 2.05) is 24.3 Å². The summed E-state index contributed by atoms with van der Waals surface area (Å²) < 4.78 is 14.8. The zero-order chi connectivity index (χ0) is 13.1. The molecule has 18 heavy (non-hydrogen) atoms. The second kappa shape index (κ2) is 6.18. The predicted octanol–water partition coefficient (Wildman–Crippen LogP) is 5.92. The molecule has 1 atom stereocenters. The zero-order valence-corrected chi connectivity index (χ0v) is 13.3. The van der Waals surface area contributed by atoms with Gasteiger partial charge in [0.15, 0.2) is 0 Å². The van der Waals surface area contributed by atoms with E-state index in [0.717, 1.165) is 16.5 Å². The van der Waals surface area contributed by atoms with E-state index in [9.17, 15) is 4.39 Å². The molecule has 0 saturated heterocycles. The van der Waals surface area contributed by atoms with Crippen molar-refractivity contribution in [3.8, 4) is 0 Å². The minimum absolute atomic E-state index is 0.0657. The lowest BCUT2D eigenvalue weighted by molar-refractivity contribution is 0.608. The summed E-state index contributed by atoms with van der Waals surface area (Å²) in [7, 11) is 0. The van der Waals surface area contributed by atoms with Crippen molar-refractivity contribution in [3.05, 3.63) is 68.9 Å². The summed E-state index contributed by atoms with van der Waals surface area (Å²) in [5.41, 5.74) is 1.76. The molecule has 0 amide bonds. The van der Waals surface area contributed by atoms with E-state index < -0.39 is 0 Å². The molecule has 0 heterocycles. The number of halogens is 4. The van der Waals surface area contributed by atoms with E-state index in [0.29, 0.717) is 10.6 Å². The normalized spacial score (nSPS) is 12.4. The van der Waals surface area contributed by atoms with Gasteiger partial charge in [0.1, 0.15) is 5.82 Å². The third-order valence-corrected chi connectivity index (χ3v) is 4.15. The molecule has 94 valence electrons. The van der Waals surface area contributed by atoms with E-state index in [4.69, 9.17) is 11.6 Å². The standard InChI is InChI=1S/C14H10Br2ClF/c15-10-3-1-2-9(6-10)7-13(16)12-5-4-11(17)8-14(12)18/h1-6,8,13H,7H2. The zero-order valence-electron chi connectivity index (χ0n) is 9.34. The Morgan fingerprint density at radius 1 is 1.17 bits per heavy atom. The summed E-state index contributed by atoms with van der Waals surface area (Å²) in [6, 6.07) is 12.7. The van der Waals surface area contributed by atoms with Crippen LogP contribution in [0.5, 0.6) is 0 Å². The van der Waals surface area contributed by atoms with Crippen molar-refractivity contribution < 1.29 is 4.39 Å². The lowest BCUT2D eigenvalue weighted by Crippen LogP contribution is -1.98. The summed E-state index contributed by atoms with van der Waals surface area (Å²) in [6.45, 7) is 0. The van der Waals surface area contributed by atoms with E-state index in [1.54, 1.807) is 12.1 Å². The van der Waals surface area contributed by atoms with Gasteiger partial charge in [0.05, 0.1) is 0 Å². The second-order valence-electron chi connectivity index (χ2n) is 3.97. The predicted molar refractivity (Wildman–Crippen MR) is 80.9 cm³/mol. The minimum Gasteiger partial charge on any atom is -0.207 e. The Morgan fingerprint density at radius 2 is 1.94 bits per heavy atom. The number of benzene rings is 2. The molecule has 4 heteroatoms. The molecule has 0 aliphatic rings. The number of hydrogen-bond donors (Lipinski definition) is 0. The first-order valence-corrected chi connectivity index (χ1v) is 7.48. The van der Waals surface area contributed by atoms with Gasteiger partial charge in [0.25, 0.3) is 0 Å². The molecule has 0 spiro atoms. The Bertz CT molecular complexity index is 557. The van der Waals surface area contributed by atoms with Crippen molar-refractivity contribution in [2.24, 2.45) is 0 Å². The van der Waals surface area contributed by atoms with Crippen LogP contribution in [0.15, 0.2) is 46.9 Å². The van der Waals surface area contributed by atoms with Gasteiger partial charge >= 0.3 is 0 Å². The SMILES string of the molecule is Fc1cc(Cl)ccc1C(Br)Cc1cccc(Br)c1. The van der Waals surface area contributed by atoms with Crippen LogP contribution >= 0.6 is 43.5 Å². The second-order valence-corrected chi connectivity index (χ2v) is 6.42. The van der Waals surface area contributed by atoms with E-state index >= 15 is 0 Å². The highest BCUT2D eigenvalue weighted by atomic mass is 79.9. The van der Waals surface area contributed by atoms with E-state index in [-0.39, 0.29) is 10.6 Å². The Kier molecular flexibility index (Phi) is 4.82. The van der Waals surface area contributed by atoms with Crippen LogP contribution in [0.4, 0.5) is 4.39 Å². The molecule has 1 unspecified atom stereocenters. The molecule has 0 nitrogen and oxygen atoms in total. The molecule has 0 saturated carbocycles. The Morgan fingerprint density at radius 3 is 2.61 bits per heavy atom. The highest BCUT2D eigenvalue weighted by Crippen LogP contribution is 2.30. The molecule has 0 aliphatic carbocycles. The van der Waals surface area contributed by atoms with Crippen molar-refractivity contribution in [1.82, 2.24) is 0 Å². The molecule has 0 aliphatic heterocycles. The highest BCUT2D eigenvalue weighted by molar-refractivity contribution is 9.10. The van der Waals surface area contributed by atoms with Gasteiger partial charge < -0.3 is 0 Å². The summed E-state index contributed by atoms with van der Waals surface area (Å²) in [4.78, 5) is -0.0657. The maximum Gasteiger partial charge on any atom is 0.129 e. The third kappa shape index (κ3) is 3.56. The van der Waals surface area contributed by atoms with Crippen molar-refractivity contribution in [2.45, 2.75) is 11.2 Å². The van der Waals surface area contributed by atoms with Crippen molar-refractivity contribution in [2.75, 3.05) is 0 Å². The molecule has 2 aromatic carbocycles. The largest absolute Gasteiger partial charge is 0.207 e. The van der Waals surface area contributed by atoms with Gasteiger partial charge in [0.2, 0.25) is 0 Å². The van der Waals surface area contributed by atoms with E-state index in [1.165, 1.54) is 6.07 Å². The van der Waals surface area contributed by atoms with Gasteiger partial charge in [-0.25, -0.2) is 4.39 Å². The van der Waals surface area contributed by atoms with Gasteiger partial charge in [0, 0.05) is 19.9 Å². The van der Waals surface area contributed by atoms with Crippen LogP contribution < -0.4 is 0 Å². The van der Waals surface area contributed by atoms with Crippen LogP contribution in [0.25, 0.3) is 0 Å². The average Bonchev–Trinajstić information content (AvgIpc) is 2.28. The van der Waals surface area contributed by atoms with Crippen LogP contribution in [-0.2, 0) is 6.42 Å². The molecular formula is C14H10Br2ClF. The fourth-order valence-corrected chi connectivity index (χ4v) is 3.09.